The second kappa shape index (κ2) is 11.9. The molecule has 0 aromatic heterocycles. The summed E-state index contributed by atoms with van der Waals surface area (Å²) < 4.78 is 40.6. The van der Waals surface area contributed by atoms with Crippen molar-refractivity contribution >= 4 is 29.2 Å². The number of nitrogens with one attached hydrogen (secondary N) is 1. The lowest BCUT2D eigenvalue weighted by molar-refractivity contribution is -0.148. The third-order valence-corrected chi connectivity index (χ3v) is 7.68. The molecule has 8 nitrogen and oxygen atoms in total. The molecule has 220 valence electrons. The van der Waals surface area contributed by atoms with Crippen LogP contribution in [0, 0.1) is 5.92 Å². The van der Waals surface area contributed by atoms with Crippen LogP contribution in [0.3, 0.4) is 0 Å². The molecular formula is C30H35F3N4O4. The molecule has 0 aliphatic carbocycles. The number of piperidine rings is 2. The van der Waals surface area contributed by atoms with E-state index in [2.05, 4.69) is 5.32 Å². The highest BCUT2D eigenvalue weighted by Gasteiger charge is 2.47. The van der Waals surface area contributed by atoms with Crippen molar-refractivity contribution in [3.05, 3.63) is 65.2 Å². The van der Waals surface area contributed by atoms with Crippen LogP contribution in [0.15, 0.2) is 48.5 Å². The molecule has 2 aromatic carbocycles. The number of benzene rings is 2. The smallest absolute Gasteiger partial charge is 0.378 e. The maximum Gasteiger partial charge on any atom is 0.417 e. The van der Waals surface area contributed by atoms with E-state index in [-0.39, 0.29) is 31.3 Å². The van der Waals surface area contributed by atoms with Gasteiger partial charge in [-0.15, -0.1) is 0 Å². The minimum Gasteiger partial charge on any atom is -0.378 e. The van der Waals surface area contributed by atoms with Gasteiger partial charge in [0.05, 0.1) is 23.7 Å². The van der Waals surface area contributed by atoms with Crippen LogP contribution in [-0.2, 0) is 15.8 Å². The maximum atomic E-state index is 13.7. The first kappa shape index (κ1) is 30.1. The van der Waals surface area contributed by atoms with Crippen LogP contribution >= 0.6 is 0 Å². The minimum atomic E-state index is -4.71. The summed E-state index contributed by atoms with van der Waals surface area (Å²) in [5.41, 5.74) is -0.221. The topological polar surface area (TPSA) is 90.0 Å². The molecule has 0 spiro atoms. The third kappa shape index (κ3) is 6.55. The molecule has 2 saturated heterocycles. The molecule has 0 radical (unpaired) electrons. The second-order valence-corrected chi connectivity index (χ2v) is 11.3. The summed E-state index contributed by atoms with van der Waals surface area (Å²) in [6.45, 7) is 3.62. The lowest BCUT2D eigenvalue weighted by atomic mass is 9.86. The Hall–Kier alpha value is -3.89. The van der Waals surface area contributed by atoms with E-state index in [4.69, 9.17) is 0 Å². The number of ketones is 1. The van der Waals surface area contributed by atoms with Crippen molar-refractivity contribution in [1.29, 1.82) is 0 Å². The Morgan fingerprint density at radius 3 is 2.29 bits per heavy atom. The largest absolute Gasteiger partial charge is 0.417 e. The molecule has 1 unspecified atom stereocenters. The molecule has 4 rings (SSSR count). The highest BCUT2D eigenvalue weighted by molar-refractivity contribution is 6.02. The van der Waals surface area contributed by atoms with Crippen LogP contribution < -0.4 is 10.2 Å². The van der Waals surface area contributed by atoms with E-state index in [9.17, 15) is 32.3 Å². The summed E-state index contributed by atoms with van der Waals surface area (Å²) in [7, 11) is 3.78. The molecule has 2 aliphatic rings. The quantitative estimate of drug-likeness (QED) is 0.542. The Morgan fingerprint density at radius 2 is 1.68 bits per heavy atom. The Bertz CT molecular complexity index is 1310. The summed E-state index contributed by atoms with van der Waals surface area (Å²) in [4.78, 5) is 57.8. The van der Waals surface area contributed by atoms with Gasteiger partial charge in [-0.1, -0.05) is 26.0 Å². The molecule has 2 heterocycles. The van der Waals surface area contributed by atoms with Crippen LogP contribution in [0.25, 0.3) is 0 Å². The Kier molecular flexibility index (Phi) is 8.74. The average molecular weight is 573 g/mol. The lowest BCUT2D eigenvalue weighted by Gasteiger charge is -2.48. The zero-order valence-electron chi connectivity index (χ0n) is 23.6. The number of amides is 3. The van der Waals surface area contributed by atoms with Crippen molar-refractivity contribution in [2.75, 3.05) is 32.1 Å². The number of alkyl halides is 3. The molecule has 1 N–H and O–H groups in total. The molecule has 2 aromatic rings. The summed E-state index contributed by atoms with van der Waals surface area (Å²) in [5, 5.41) is 2.84. The van der Waals surface area contributed by atoms with Gasteiger partial charge >= 0.3 is 6.18 Å². The van der Waals surface area contributed by atoms with Gasteiger partial charge < -0.3 is 20.0 Å². The van der Waals surface area contributed by atoms with Crippen LogP contribution in [0.5, 0.6) is 0 Å². The standard InChI is InChI=1S/C30H35F3N4O4/c1-18(2)15-24(34-27(39)19-9-11-20(12-10-19)35(3)4)29(41)36-14-13-21-16-25(36)26(38)17-37(21)28(40)22-7-5-6-8-23(22)30(31,32)33/h5-12,18,21,24-25H,13-17H2,1-4H3,(H,34,39)/t21-,24+,25?/m1/s1. The summed E-state index contributed by atoms with van der Waals surface area (Å²) in [6.07, 6.45) is -3.91. The van der Waals surface area contributed by atoms with E-state index in [1.165, 1.54) is 21.9 Å². The molecule has 2 bridgehead atoms. The summed E-state index contributed by atoms with van der Waals surface area (Å²) in [6, 6.07) is 9.36. The summed E-state index contributed by atoms with van der Waals surface area (Å²) in [5.74, 6) is -1.97. The van der Waals surface area contributed by atoms with Crippen LogP contribution in [-0.4, -0.2) is 78.6 Å². The van der Waals surface area contributed by atoms with Gasteiger partial charge in [-0.3, -0.25) is 19.2 Å². The number of fused-ring (bicyclic) bond motifs is 2. The van der Waals surface area contributed by atoms with Gasteiger partial charge in [0.2, 0.25) is 5.91 Å². The zero-order valence-corrected chi connectivity index (χ0v) is 23.6. The molecule has 0 saturated carbocycles. The average Bonchev–Trinajstić information content (AvgIpc) is 2.93. The monoisotopic (exact) mass is 572 g/mol. The van der Waals surface area contributed by atoms with Gasteiger partial charge in [-0.2, -0.15) is 13.2 Å². The van der Waals surface area contributed by atoms with Gasteiger partial charge in [0, 0.05) is 37.9 Å². The van der Waals surface area contributed by atoms with Crippen molar-refractivity contribution in [3.63, 3.8) is 0 Å². The van der Waals surface area contributed by atoms with Gasteiger partial charge in [-0.25, -0.2) is 0 Å². The highest BCUT2D eigenvalue weighted by Crippen LogP contribution is 2.35. The first-order chi connectivity index (χ1) is 19.3. The Morgan fingerprint density at radius 1 is 1.02 bits per heavy atom. The molecular weight excluding hydrogens is 537 g/mol. The molecule has 2 aliphatic heterocycles. The van der Waals surface area contributed by atoms with E-state index in [0.717, 1.165) is 17.8 Å². The van der Waals surface area contributed by atoms with Crippen molar-refractivity contribution in [2.24, 2.45) is 5.92 Å². The predicted molar refractivity (Wildman–Crippen MR) is 147 cm³/mol. The first-order valence-electron chi connectivity index (χ1n) is 13.7. The van der Waals surface area contributed by atoms with Gasteiger partial charge in [0.1, 0.15) is 6.04 Å². The Balaban J connectivity index is 1.49. The first-order valence-corrected chi connectivity index (χ1v) is 13.7. The van der Waals surface area contributed by atoms with Crippen LogP contribution in [0.2, 0.25) is 0 Å². The fraction of sp³-hybridized carbons (Fsp3) is 0.467. The highest BCUT2D eigenvalue weighted by atomic mass is 19.4. The molecule has 11 heteroatoms. The lowest BCUT2D eigenvalue weighted by Crippen LogP contribution is -2.65. The maximum absolute atomic E-state index is 13.7. The van der Waals surface area contributed by atoms with Crippen LogP contribution in [0.4, 0.5) is 18.9 Å². The number of anilines is 1. The fourth-order valence-electron chi connectivity index (χ4n) is 5.56. The third-order valence-electron chi connectivity index (χ3n) is 7.68. The second-order valence-electron chi connectivity index (χ2n) is 11.3. The SMILES string of the molecule is CC(C)C[C@H](NC(=O)c1ccc(N(C)C)cc1)C(=O)N1CC[C@@H]2CC1C(=O)CN2C(=O)c1ccccc1C(F)(F)F. The molecule has 3 amide bonds. The number of hydrogen-bond acceptors (Lipinski definition) is 5. The van der Waals surface area contributed by atoms with Gasteiger partial charge in [-0.05, 0) is 61.6 Å². The van der Waals surface area contributed by atoms with Gasteiger partial charge in [0.15, 0.2) is 5.78 Å². The van der Waals surface area contributed by atoms with E-state index >= 15 is 0 Å². The molecule has 41 heavy (non-hydrogen) atoms. The molecule has 2 fully saturated rings. The number of Topliss-reactive ketones (excluding diaryl/α,β-unsaturated/α-hetero) is 1. The number of halogens is 3. The number of likely N-dealkylation sites (tertiary alicyclic amines) is 2. The molecule has 3 atom stereocenters. The number of rotatable bonds is 7. The van der Waals surface area contributed by atoms with Crippen molar-refractivity contribution in [3.8, 4) is 0 Å². The van der Waals surface area contributed by atoms with E-state index in [1.807, 2.05) is 32.8 Å². The fourth-order valence-corrected chi connectivity index (χ4v) is 5.56. The minimum absolute atomic E-state index is 0.0711. The number of hydrogen-bond donors (Lipinski definition) is 1. The van der Waals surface area contributed by atoms with Crippen molar-refractivity contribution in [2.45, 2.75) is 57.4 Å². The number of carbonyl (C=O) groups is 4. The van der Waals surface area contributed by atoms with Crippen molar-refractivity contribution < 1.29 is 32.3 Å². The van der Waals surface area contributed by atoms with E-state index < -0.39 is 53.0 Å². The predicted octanol–water partition coefficient (Wildman–Crippen LogP) is 4.00. The van der Waals surface area contributed by atoms with E-state index in [0.29, 0.717) is 18.4 Å². The number of nitrogens with zero attached hydrogens (tertiary/aromatic N) is 3. The zero-order chi connectivity index (χ0) is 30.1. The van der Waals surface area contributed by atoms with E-state index in [1.54, 1.807) is 24.3 Å². The van der Waals surface area contributed by atoms with Crippen LogP contribution in [0.1, 0.15) is 59.4 Å². The van der Waals surface area contributed by atoms with Crippen molar-refractivity contribution in [1.82, 2.24) is 15.1 Å². The normalized spacial score (nSPS) is 19.7. The Labute approximate surface area is 237 Å². The number of carbonyl (C=O) groups excluding carboxylic acids is 4. The van der Waals surface area contributed by atoms with Gasteiger partial charge in [0.25, 0.3) is 11.8 Å². The summed E-state index contributed by atoms with van der Waals surface area (Å²) >= 11 is 0.